The van der Waals surface area contributed by atoms with Gasteiger partial charge < -0.3 is 20.6 Å². The Morgan fingerprint density at radius 3 is 2.67 bits per heavy atom. The summed E-state index contributed by atoms with van der Waals surface area (Å²) in [5.74, 6) is -0.643. The maximum Gasteiger partial charge on any atom is 0.251 e. The maximum atomic E-state index is 14.2. The number of anilines is 1. The van der Waals surface area contributed by atoms with Crippen LogP contribution in [0.3, 0.4) is 0 Å². The Bertz CT molecular complexity index is 526. The standard InChI is InChI=1S/C15H20FN3O2/c16-13-7-10(15(21)18-11-8-12(20)9-11)1-2-14(13)19-5-3-17-4-6-19/h1-2,7,11-12,17,20H,3-6,8-9H2,(H,18,21). The van der Waals surface area contributed by atoms with Gasteiger partial charge in [0.1, 0.15) is 5.82 Å². The predicted octanol–water partition coefficient (Wildman–Crippen LogP) is 0.488. The Labute approximate surface area is 123 Å². The lowest BCUT2D eigenvalue weighted by Gasteiger charge is -2.32. The first-order valence-corrected chi connectivity index (χ1v) is 7.37. The number of nitrogens with zero attached hydrogens (tertiary/aromatic N) is 1. The van der Waals surface area contributed by atoms with Crippen molar-refractivity contribution < 1.29 is 14.3 Å². The van der Waals surface area contributed by atoms with Crippen molar-refractivity contribution in [3.63, 3.8) is 0 Å². The highest BCUT2D eigenvalue weighted by Gasteiger charge is 2.28. The fraction of sp³-hybridized carbons (Fsp3) is 0.533. The molecule has 0 radical (unpaired) electrons. The summed E-state index contributed by atoms with van der Waals surface area (Å²) in [7, 11) is 0. The molecule has 1 aliphatic heterocycles. The lowest BCUT2D eigenvalue weighted by molar-refractivity contribution is 0.0562. The average Bonchev–Trinajstić information content (AvgIpc) is 2.46. The van der Waals surface area contributed by atoms with Crippen LogP contribution in [0.4, 0.5) is 10.1 Å². The zero-order chi connectivity index (χ0) is 14.8. The van der Waals surface area contributed by atoms with Crippen molar-refractivity contribution in [3.05, 3.63) is 29.6 Å². The van der Waals surface area contributed by atoms with Crippen LogP contribution in [0.1, 0.15) is 23.2 Å². The van der Waals surface area contributed by atoms with Crippen LogP contribution in [0.25, 0.3) is 0 Å². The van der Waals surface area contributed by atoms with E-state index in [2.05, 4.69) is 10.6 Å². The molecule has 5 nitrogen and oxygen atoms in total. The number of aliphatic hydroxyl groups is 1. The fourth-order valence-corrected chi connectivity index (χ4v) is 2.78. The third kappa shape index (κ3) is 3.16. The molecule has 1 saturated heterocycles. The van der Waals surface area contributed by atoms with Crippen molar-refractivity contribution in [1.82, 2.24) is 10.6 Å². The average molecular weight is 293 g/mol. The fourth-order valence-electron chi connectivity index (χ4n) is 2.78. The van der Waals surface area contributed by atoms with Crippen LogP contribution < -0.4 is 15.5 Å². The number of rotatable bonds is 3. The van der Waals surface area contributed by atoms with Crippen molar-refractivity contribution in [2.75, 3.05) is 31.1 Å². The third-order valence-electron chi connectivity index (χ3n) is 4.12. The number of benzene rings is 1. The number of nitrogens with one attached hydrogen (secondary N) is 2. The highest BCUT2D eigenvalue weighted by Crippen LogP contribution is 2.23. The highest BCUT2D eigenvalue weighted by atomic mass is 19.1. The molecule has 1 saturated carbocycles. The zero-order valence-electron chi connectivity index (χ0n) is 11.8. The summed E-state index contributed by atoms with van der Waals surface area (Å²) >= 11 is 0. The van der Waals surface area contributed by atoms with Gasteiger partial charge in [-0.2, -0.15) is 0 Å². The molecule has 1 aliphatic carbocycles. The number of aliphatic hydroxyl groups excluding tert-OH is 1. The van der Waals surface area contributed by atoms with Crippen LogP contribution in [0.15, 0.2) is 18.2 Å². The Morgan fingerprint density at radius 2 is 2.05 bits per heavy atom. The second kappa shape index (κ2) is 5.99. The molecule has 1 amide bonds. The molecule has 3 N–H and O–H groups in total. The second-order valence-corrected chi connectivity index (χ2v) is 5.70. The number of hydrogen-bond acceptors (Lipinski definition) is 4. The number of hydrogen-bond donors (Lipinski definition) is 3. The number of amides is 1. The topological polar surface area (TPSA) is 64.6 Å². The molecule has 0 atom stereocenters. The minimum absolute atomic E-state index is 0.00315. The molecule has 2 fully saturated rings. The van der Waals surface area contributed by atoms with Crippen LogP contribution in [0.2, 0.25) is 0 Å². The minimum atomic E-state index is -0.363. The molecule has 3 rings (SSSR count). The molecule has 0 spiro atoms. The van der Waals surface area contributed by atoms with E-state index in [1.54, 1.807) is 12.1 Å². The van der Waals surface area contributed by atoms with Crippen molar-refractivity contribution in [2.45, 2.75) is 25.0 Å². The van der Waals surface area contributed by atoms with E-state index < -0.39 is 0 Å². The van der Waals surface area contributed by atoms with E-state index in [0.717, 1.165) is 26.2 Å². The predicted molar refractivity (Wildman–Crippen MR) is 78.0 cm³/mol. The monoisotopic (exact) mass is 293 g/mol. The van der Waals surface area contributed by atoms with Crippen molar-refractivity contribution in [1.29, 1.82) is 0 Å². The number of halogens is 1. The second-order valence-electron chi connectivity index (χ2n) is 5.70. The number of carbonyl (C=O) groups excluding carboxylic acids is 1. The van der Waals surface area contributed by atoms with Gasteiger partial charge in [-0.05, 0) is 31.0 Å². The summed E-state index contributed by atoms with van der Waals surface area (Å²) in [6, 6.07) is 4.63. The SMILES string of the molecule is O=C(NC1CC(O)C1)c1ccc(N2CCNCC2)c(F)c1. The summed E-state index contributed by atoms with van der Waals surface area (Å²) in [5, 5.41) is 15.2. The van der Waals surface area contributed by atoms with E-state index in [1.807, 2.05) is 4.90 Å². The lowest BCUT2D eigenvalue weighted by atomic mass is 9.89. The Balaban J connectivity index is 1.66. The van der Waals surface area contributed by atoms with Crippen molar-refractivity contribution in [2.24, 2.45) is 0 Å². The summed E-state index contributed by atoms with van der Waals surface area (Å²) < 4.78 is 14.2. The van der Waals surface area contributed by atoms with Crippen molar-refractivity contribution in [3.8, 4) is 0 Å². The molecule has 0 unspecified atom stereocenters. The van der Waals surface area contributed by atoms with Gasteiger partial charge in [0.25, 0.3) is 5.91 Å². The van der Waals surface area contributed by atoms with Crippen LogP contribution in [0.5, 0.6) is 0 Å². The summed E-state index contributed by atoms with van der Waals surface area (Å²) in [5.41, 5.74) is 0.875. The largest absolute Gasteiger partial charge is 0.393 e. The van der Waals surface area contributed by atoms with Crippen LogP contribution in [-0.2, 0) is 0 Å². The molecule has 21 heavy (non-hydrogen) atoms. The van der Waals surface area contributed by atoms with E-state index in [0.29, 0.717) is 24.1 Å². The molecular formula is C15H20FN3O2. The lowest BCUT2D eigenvalue weighted by Crippen LogP contribution is -2.46. The molecule has 1 aromatic carbocycles. The summed E-state index contributed by atoms with van der Waals surface area (Å²) in [4.78, 5) is 14.0. The van der Waals surface area contributed by atoms with E-state index >= 15 is 0 Å². The van der Waals surface area contributed by atoms with E-state index in [9.17, 15) is 14.3 Å². The highest BCUT2D eigenvalue weighted by molar-refractivity contribution is 5.94. The first-order chi connectivity index (χ1) is 10.1. The smallest absolute Gasteiger partial charge is 0.251 e. The molecule has 0 aromatic heterocycles. The normalized spacial score (nSPS) is 25.3. The summed E-state index contributed by atoms with van der Waals surface area (Å²) in [6.45, 7) is 3.21. The maximum absolute atomic E-state index is 14.2. The van der Waals surface area contributed by atoms with Gasteiger partial charge in [-0.15, -0.1) is 0 Å². The minimum Gasteiger partial charge on any atom is -0.393 e. The number of piperazine rings is 1. The quantitative estimate of drug-likeness (QED) is 0.759. The third-order valence-corrected chi connectivity index (χ3v) is 4.12. The van der Waals surface area contributed by atoms with E-state index in [1.165, 1.54) is 6.07 Å². The zero-order valence-corrected chi connectivity index (χ0v) is 11.8. The van der Waals surface area contributed by atoms with Gasteiger partial charge in [0.2, 0.25) is 0 Å². The van der Waals surface area contributed by atoms with E-state index in [4.69, 9.17) is 0 Å². The van der Waals surface area contributed by atoms with Crippen molar-refractivity contribution >= 4 is 11.6 Å². The Morgan fingerprint density at radius 1 is 1.33 bits per heavy atom. The van der Waals surface area contributed by atoms with Gasteiger partial charge in [0.15, 0.2) is 0 Å². The Hall–Kier alpha value is -1.66. The van der Waals surface area contributed by atoms with Crippen LogP contribution in [-0.4, -0.2) is 49.3 Å². The van der Waals surface area contributed by atoms with E-state index in [-0.39, 0.29) is 23.9 Å². The molecule has 1 heterocycles. The van der Waals surface area contributed by atoms with Gasteiger partial charge >= 0.3 is 0 Å². The molecule has 1 aromatic rings. The first-order valence-electron chi connectivity index (χ1n) is 7.37. The van der Waals surface area contributed by atoms with Crippen LogP contribution >= 0.6 is 0 Å². The van der Waals surface area contributed by atoms with Gasteiger partial charge in [-0.3, -0.25) is 4.79 Å². The summed E-state index contributed by atoms with van der Waals surface area (Å²) in [6.07, 6.45) is 0.835. The molecule has 0 bridgehead atoms. The van der Waals surface area contributed by atoms with Gasteiger partial charge in [-0.1, -0.05) is 0 Å². The molecule has 114 valence electrons. The molecule has 6 heteroatoms. The Kier molecular flexibility index (Phi) is 4.07. The van der Waals surface area contributed by atoms with Gasteiger partial charge in [0.05, 0.1) is 11.8 Å². The first kappa shape index (κ1) is 14.3. The van der Waals surface area contributed by atoms with Gasteiger partial charge in [0, 0.05) is 37.8 Å². The number of carbonyl (C=O) groups is 1. The molecule has 2 aliphatic rings. The van der Waals surface area contributed by atoms with Gasteiger partial charge in [-0.25, -0.2) is 4.39 Å². The van der Waals surface area contributed by atoms with Crippen LogP contribution in [0, 0.1) is 5.82 Å². The molecular weight excluding hydrogens is 273 g/mol.